The Bertz CT molecular complexity index is 762. The summed E-state index contributed by atoms with van der Waals surface area (Å²) in [5.74, 6) is 2.41. The van der Waals surface area contributed by atoms with Crippen molar-refractivity contribution in [1.29, 1.82) is 0 Å². The molecule has 0 aliphatic carbocycles. The van der Waals surface area contributed by atoms with Crippen LogP contribution in [0.2, 0.25) is 0 Å². The maximum atomic E-state index is 5.45. The maximum Gasteiger partial charge on any atom is 0.143 e. The fourth-order valence-corrected chi connectivity index (χ4v) is 2.29. The number of nitrogens with one attached hydrogen (secondary N) is 2. The fourth-order valence-electron chi connectivity index (χ4n) is 2.29. The smallest absolute Gasteiger partial charge is 0.143 e. The Balaban J connectivity index is 1.93. The van der Waals surface area contributed by atoms with Gasteiger partial charge in [-0.3, -0.25) is 0 Å². The summed E-state index contributed by atoms with van der Waals surface area (Å²) in [6, 6.07) is 9.89. The zero-order valence-corrected chi connectivity index (χ0v) is 12.4. The Morgan fingerprint density at radius 1 is 1.14 bits per heavy atom. The van der Waals surface area contributed by atoms with E-state index in [9.17, 15) is 0 Å². The van der Waals surface area contributed by atoms with Gasteiger partial charge in [-0.25, -0.2) is 9.97 Å². The van der Waals surface area contributed by atoms with E-state index in [1.165, 1.54) is 0 Å². The van der Waals surface area contributed by atoms with Gasteiger partial charge in [0.1, 0.15) is 23.0 Å². The van der Waals surface area contributed by atoms with E-state index < -0.39 is 0 Å². The molecule has 108 valence electrons. The number of ether oxygens (including phenoxy) is 1. The predicted molar refractivity (Wildman–Crippen MR) is 84.3 cm³/mol. The molecule has 0 radical (unpaired) electrons. The van der Waals surface area contributed by atoms with Crippen LogP contribution in [0.4, 0.5) is 11.5 Å². The van der Waals surface area contributed by atoms with E-state index in [1.54, 1.807) is 0 Å². The lowest BCUT2D eigenvalue weighted by molar-refractivity contribution is 0.340. The van der Waals surface area contributed by atoms with Crippen molar-refractivity contribution in [1.82, 2.24) is 15.0 Å². The van der Waals surface area contributed by atoms with E-state index in [4.69, 9.17) is 4.74 Å². The van der Waals surface area contributed by atoms with E-state index in [2.05, 4.69) is 20.3 Å². The van der Waals surface area contributed by atoms with Crippen LogP contribution in [-0.4, -0.2) is 21.6 Å². The Hall–Kier alpha value is -2.56. The number of anilines is 2. The molecular formula is C16H18N4O. The highest BCUT2D eigenvalue weighted by Gasteiger charge is 2.08. The molecule has 0 saturated heterocycles. The van der Waals surface area contributed by atoms with E-state index in [-0.39, 0.29) is 0 Å². The highest BCUT2D eigenvalue weighted by atomic mass is 16.5. The van der Waals surface area contributed by atoms with Crippen molar-refractivity contribution in [3.63, 3.8) is 0 Å². The molecule has 0 unspecified atom stereocenters. The van der Waals surface area contributed by atoms with Crippen LogP contribution in [0.25, 0.3) is 11.0 Å². The van der Waals surface area contributed by atoms with E-state index in [0.717, 1.165) is 39.8 Å². The number of H-pyrrole nitrogens is 1. The van der Waals surface area contributed by atoms with Crippen LogP contribution < -0.4 is 10.1 Å². The molecule has 0 amide bonds. The van der Waals surface area contributed by atoms with Gasteiger partial charge in [-0.2, -0.15) is 0 Å². The molecule has 3 rings (SSSR count). The quantitative estimate of drug-likeness (QED) is 0.765. The zero-order valence-electron chi connectivity index (χ0n) is 12.4. The third-order valence-electron chi connectivity index (χ3n) is 3.16. The monoisotopic (exact) mass is 282 g/mol. The van der Waals surface area contributed by atoms with Crippen LogP contribution in [0.1, 0.15) is 18.4 Å². The lowest BCUT2D eigenvalue weighted by Gasteiger charge is -2.09. The van der Waals surface area contributed by atoms with Crippen molar-refractivity contribution in [3.05, 3.63) is 41.9 Å². The number of benzene rings is 1. The first-order valence-corrected chi connectivity index (χ1v) is 6.99. The third kappa shape index (κ3) is 2.81. The van der Waals surface area contributed by atoms with Gasteiger partial charge in [-0.1, -0.05) is 0 Å². The third-order valence-corrected chi connectivity index (χ3v) is 3.16. The molecular weight excluding hydrogens is 264 g/mol. The Morgan fingerprint density at radius 2 is 1.90 bits per heavy atom. The number of aromatic nitrogens is 3. The molecule has 3 aromatic rings. The number of hydrogen-bond donors (Lipinski definition) is 2. The lowest BCUT2D eigenvalue weighted by Crippen LogP contribution is -1.98. The predicted octanol–water partition coefficient (Wildman–Crippen LogP) is 3.72. The second-order valence-electron chi connectivity index (χ2n) is 4.92. The van der Waals surface area contributed by atoms with Gasteiger partial charge in [0.15, 0.2) is 0 Å². The van der Waals surface area contributed by atoms with Gasteiger partial charge in [-0.05, 0) is 51.1 Å². The summed E-state index contributed by atoms with van der Waals surface area (Å²) in [5.41, 5.74) is 2.89. The Labute approximate surface area is 123 Å². The second-order valence-corrected chi connectivity index (χ2v) is 4.92. The first kappa shape index (κ1) is 13.4. The van der Waals surface area contributed by atoms with Gasteiger partial charge >= 0.3 is 0 Å². The second kappa shape index (κ2) is 5.44. The molecule has 1 aromatic carbocycles. The Morgan fingerprint density at radius 3 is 2.62 bits per heavy atom. The number of aromatic amines is 1. The van der Waals surface area contributed by atoms with Crippen LogP contribution in [0.5, 0.6) is 5.75 Å². The first-order chi connectivity index (χ1) is 10.2. The molecule has 2 N–H and O–H groups in total. The van der Waals surface area contributed by atoms with Crippen molar-refractivity contribution in [3.8, 4) is 5.75 Å². The average molecular weight is 282 g/mol. The summed E-state index contributed by atoms with van der Waals surface area (Å²) >= 11 is 0. The minimum Gasteiger partial charge on any atom is -0.494 e. The minimum absolute atomic E-state index is 0.668. The lowest BCUT2D eigenvalue weighted by atomic mass is 10.3. The van der Waals surface area contributed by atoms with Gasteiger partial charge in [-0.15, -0.1) is 0 Å². The van der Waals surface area contributed by atoms with Crippen molar-refractivity contribution in [2.75, 3.05) is 11.9 Å². The molecule has 2 aromatic heterocycles. The summed E-state index contributed by atoms with van der Waals surface area (Å²) in [4.78, 5) is 12.1. The Kier molecular flexibility index (Phi) is 3.48. The van der Waals surface area contributed by atoms with Crippen molar-refractivity contribution in [2.24, 2.45) is 0 Å². The highest BCUT2D eigenvalue weighted by molar-refractivity contribution is 5.89. The molecule has 5 nitrogen and oxygen atoms in total. The largest absolute Gasteiger partial charge is 0.494 e. The SMILES string of the molecule is CCOc1ccc(Nc2nc(C)nc3[nH]c(C)cc23)cc1. The summed E-state index contributed by atoms with van der Waals surface area (Å²) in [6.45, 7) is 6.54. The van der Waals surface area contributed by atoms with Crippen LogP contribution in [0, 0.1) is 13.8 Å². The average Bonchev–Trinajstić information content (AvgIpc) is 2.81. The molecule has 2 heterocycles. The molecule has 21 heavy (non-hydrogen) atoms. The standard InChI is InChI=1S/C16H18N4O/c1-4-21-13-7-5-12(6-8-13)20-16-14-9-10(2)17-15(14)18-11(3)19-16/h5-9H,4H2,1-3H3,(H2,17,18,19,20). The number of fused-ring (bicyclic) bond motifs is 1. The van der Waals surface area contributed by atoms with Gasteiger partial charge in [0, 0.05) is 11.4 Å². The molecule has 0 aliphatic rings. The van der Waals surface area contributed by atoms with Crippen molar-refractivity contribution < 1.29 is 4.74 Å². The number of hydrogen-bond acceptors (Lipinski definition) is 4. The maximum absolute atomic E-state index is 5.45. The van der Waals surface area contributed by atoms with Gasteiger partial charge in [0.05, 0.1) is 12.0 Å². The summed E-state index contributed by atoms with van der Waals surface area (Å²) in [7, 11) is 0. The van der Waals surface area contributed by atoms with E-state index in [1.807, 2.05) is 51.1 Å². The van der Waals surface area contributed by atoms with Crippen molar-refractivity contribution >= 4 is 22.5 Å². The summed E-state index contributed by atoms with van der Waals surface area (Å²) in [6.07, 6.45) is 0. The molecule has 0 bridgehead atoms. The van der Waals surface area contributed by atoms with E-state index in [0.29, 0.717) is 6.61 Å². The molecule has 0 saturated carbocycles. The van der Waals surface area contributed by atoms with Gasteiger partial charge < -0.3 is 15.0 Å². The first-order valence-electron chi connectivity index (χ1n) is 6.99. The fraction of sp³-hybridized carbons (Fsp3) is 0.250. The molecule has 0 spiro atoms. The number of aryl methyl sites for hydroxylation is 2. The molecule has 5 heteroatoms. The minimum atomic E-state index is 0.668. The molecule has 0 aliphatic heterocycles. The summed E-state index contributed by atoms with van der Waals surface area (Å²) < 4.78 is 5.45. The van der Waals surface area contributed by atoms with Crippen LogP contribution >= 0.6 is 0 Å². The summed E-state index contributed by atoms with van der Waals surface area (Å²) in [5, 5.41) is 4.34. The molecule has 0 fully saturated rings. The highest BCUT2D eigenvalue weighted by Crippen LogP contribution is 2.25. The number of nitrogens with zero attached hydrogens (tertiary/aromatic N) is 2. The molecule has 0 atom stereocenters. The van der Waals surface area contributed by atoms with Crippen molar-refractivity contribution in [2.45, 2.75) is 20.8 Å². The number of rotatable bonds is 4. The van der Waals surface area contributed by atoms with E-state index >= 15 is 0 Å². The van der Waals surface area contributed by atoms with Gasteiger partial charge in [0.25, 0.3) is 0 Å². The van der Waals surface area contributed by atoms with Crippen LogP contribution in [-0.2, 0) is 0 Å². The van der Waals surface area contributed by atoms with Gasteiger partial charge in [0.2, 0.25) is 0 Å². The van der Waals surface area contributed by atoms with Crippen LogP contribution in [0.15, 0.2) is 30.3 Å². The topological polar surface area (TPSA) is 62.8 Å². The normalized spacial score (nSPS) is 10.8. The van der Waals surface area contributed by atoms with Crippen LogP contribution in [0.3, 0.4) is 0 Å². The zero-order chi connectivity index (χ0) is 14.8.